The second-order valence-electron chi connectivity index (χ2n) is 2.98. The number of carbonyl (C=O) groups excluding carboxylic acids is 1. The van der Waals surface area contributed by atoms with Gasteiger partial charge in [0.15, 0.2) is 0 Å². The van der Waals surface area contributed by atoms with Crippen molar-refractivity contribution in [2.24, 2.45) is 5.10 Å². The van der Waals surface area contributed by atoms with Crippen molar-refractivity contribution >= 4 is 12.3 Å². The minimum absolute atomic E-state index is 0.425. The van der Waals surface area contributed by atoms with Crippen molar-refractivity contribution in [1.82, 2.24) is 5.43 Å². The molecule has 1 rings (SSSR count). The number of amides is 1. The maximum Gasteiger partial charge on any atom is 0.427 e. The molecule has 0 aromatic heterocycles. The van der Waals surface area contributed by atoms with E-state index >= 15 is 0 Å². The second-order valence-corrected chi connectivity index (χ2v) is 2.98. The van der Waals surface area contributed by atoms with Gasteiger partial charge in [0.1, 0.15) is 0 Å². The molecule has 0 aliphatic heterocycles. The summed E-state index contributed by atoms with van der Waals surface area (Å²) in [6.07, 6.45) is -3.91. The van der Waals surface area contributed by atoms with Gasteiger partial charge in [-0.3, -0.25) is 0 Å². The average molecular weight is 246 g/mol. The maximum absolute atomic E-state index is 12.2. The maximum atomic E-state index is 12.2. The number of alkyl halides is 3. The van der Waals surface area contributed by atoms with Crippen LogP contribution in [0.25, 0.3) is 0 Å². The molecule has 0 aliphatic carbocycles. The predicted molar refractivity (Wildman–Crippen MR) is 54.6 cm³/mol. The Balaban J connectivity index is 2.66. The molecule has 1 aromatic carbocycles. The smallest absolute Gasteiger partial charge is 0.427 e. The fourth-order valence-corrected chi connectivity index (χ4v) is 0.963. The van der Waals surface area contributed by atoms with Gasteiger partial charge >= 0.3 is 12.3 Å². The van der Waals surface area contributed by atoms with Gasteiger partial charge in [0, 0.05) is 0 Å². The van der Waals surface area contributed by atoms with Crippen LogP contribution in [0.2, 0.25) is 0 Å². The van der Waals surface area contributed by atoms with Crippen LogP contribution < -0.4 is 5.43 Å². The van der Waals surface area contributed by atoms with Gasteiger partial charge in [-0.2, -0.15) is 18.3 Å². The summed E-state index contributed by atoms with van der Waals surface area (Å²) in [5.74, 6) is 0. The Bertz CT molecular complexity index is 413. The van der Waals surface area contributed by atoms with Crippen LogP contribution >= 0.6 is 0 Å². The fourth-order valence-electron chi connectivity index (χ4n) is 0.963. The van der Waals surface area contributed by atoms with Crippen molar-refractivity contribution in [3.05, 3.63) is 35.4 Å². The number of benzene rings is 1. The second kappa shape index (κ2) is 5.33. The SMILES string of the molecule is COC(=O)N/N=C\c1ccc(C(F)(F)F)cc1. The van der Waals surface area contributed by atoms with Crippen LogP contribution in [0.3, 0.4) is 0 Å². The molecule has 0 radical (unpaired) electrons. The van der Waals surface area contributed by atoms with Crippen molar-refractivity contribution in [3.8, 4) is 0 Å². The summed E-state index contributed by atoms with van der Waals surface area (Å²) < 4.78 is 40.9. The Morgan fingerprint density at radius 2 is 1.94 bits per heavy atom. The average Bonchev–Trinajstić information content (AvgIpc) is 2.28. The zero-order valence-corrected chi connectivity index (χ0v) is 8.78. The summed E-state index contributed by atoms with van der Waals surface area (Å²) in [6, 6.07) is 4.34. The number of hydrazone groups is 1. The van der Waals surface area contributed by atoms with Crippen molar-refractivity contribution < 1.29 is 22.7 Å². The zero-order chi connectivity index (χ0) is 12.9. The third-order valence-corrected chi connectivity index (χ3v) is 1.79. The minimum Gasteiger partial charge on any atom is -0.452 e. The number of hydrogen-bond acceptors (Lipinski definition) is 3. The topological polar surface area (TPSA) is 50.7 Å². The highest BCUT2D eigenvalue weighted by Crippen LogP contribution is 2.28. The number of methoxy groups -OCH3 is 1. The van der Waals surface area contributed by atoms with Gasteiger partial charge in [0.25, 0.3) is 0 Å². The monoisotopic (exact) mass is 246 g/mol. The molecule has 1 amide bonds. The highest BCUT2D eigenvalue weighted by atomic mass is 19.4. The van der Waals surface area contributed by atoms with Gasteiger partial charge in [-0.25, -0.2) is 10.2 Å². The number of hydrogen-bond donors (Lipinski definition) is 1. The minimum atomic E-state index is -4.36. The molecule has 0 saturated carbocycles. The van der Waals surface area contributed by atoms with Crippen LogP contribution in [0.4, 0.5) is 18.0 Å². The lowest BCUT2D eigenvalue weighted by molar-refractivity contribution is -0.137. The zero-order valence-electron chi connectivity index (χ0n) is 8.78. The van der Waals surface area contributed by atoms with Gasteiger partial charge < -0.3 is 4.74 Å². The standard InChI is InChI=1S/C10H9F3N2O2/c1-17-9(16)15-14-6-7-2-4-8(5-3-7)10(11,12)13/h2-6H,1H3,(H,15,16)/b14-6-. The van der Waals surface area contributed by atoms with Crippen LogP contribution in [0.15, 0.2) is 29.4 Å². The highest BCUT2D eigenvalue weighted by Gasteiger charge is 2.29. The van der Waals surface area contributed by atoms with Gasteiger partial charge in [-0.1, -0.05) is 12.1 Å². The van der Waals surface area contributed by atoms with E-state index in [1.807, 2.05) is 5.43 Å². The Kier molecular flexibility index (Phi) is 4.08. The van der Waals surface area contributed by atoms with Crippen LogP contribution in [0.5, 0.6) is 0 Å². The van der Waals surface area contributed by atoms with Crippen molar-refractivity contribution in [2.75, 3.05) is 7.11 Å². The first kappa shape index (κ1) is 13.0. The van der Waals surface area contributed by atoms with Crippen LogP contribution in [0.1, 0.15) is 11.1 Å². The summed E-state index contributed by atoms with van der Waals surface area (Å²) in [5, 5.41) is 3.47. The molecular formula is C10H9F3N2O2. The largest absolute Gasteiger partial charge is 0.452 e. The van der Waals surface area contributed by atoms with Gasteiger partial charge in [0.2, 0.25) is 0 Å². The van der Waals surface area contributed by atoms with Gasteiger partial charge in [-0.15, -0.1) is 0 Å². The first-order valence-corrected chi connectivity index (χ1v) is 4.48. The number of nitrogens with zero attached hydrogens (tertiary/aromatic N) is 1. The van der Waals surface area contributed by atoms with Crippen molar-refractivity contribution in [1.29, 1.82) is 0 Å². The quantitative estimate of drug-likeness (QED) is 0.643. The summed E-state index contributed by atoms with van der Waals surface area (Å²) in [7, 11) is 1.17. The third kappa shape index (κ3) is 4.13. The molecule has 0 saturated heterocycles. The van der Waals surface area contributed by atoms with E-state index in [2.05, 4.69) is 9.84 Å². The fraction of sp³-hybridized carbons (Fsp3) is 0.200. The van der Waals surface area contributed by atoms with Gasteiger partial charge in [-0.05, 0) is 17.7 Å². The van der Waals surface area contributed by atoms with E-state index in [1.54, 1.807) is 0 Å². The van der Waals surface area contributed by atoms with Crippen molar-refractivity contribution in [2.45, 2.75) is 6.18 Å². The van der Waals surface area contributed by atoms with E-state index in [0.29, 0.717) is 5.56 Å². The molecule has 0 heterocycles. The van der Waals surface area contributed by atoms with Crippen LogP contribution in [-0.4, -0.2) is 19.4 Å². The number of carbonyl (C=O) groups is 1. The summed E-state index contributed by atoms with van der Waals surface area (Å²) in [4.78, 5) is 10.6. The molecular weight excluding hydrogens is 237 g/mol. The summed E-state index contributed by atoms with van der Waals surface area (Å²) >= 11 is 0. The molecule has 0 aliphatic rings. The van der Waals surface area contributed by atoms with E-state index in [4.69, 9.17) is 0 Å². The third-order valence-electron chi connectivity index (χ3n) is 1.79. The highest BCUT2D eigenvalue weighted by molar-refractivity contribution is 5.80. The summed E-state index contributed by atoms with van der Waals surface area (Å²) in [5.41, 5.74) is 1.70. The molecule has 1 N–H and O–H groups in total. The Labute approximate surface area is 95.1 Å². The first-order chi connectivity index (χ1) is 7.93. The van der Waals surface area contributed by atoms with Crippen molar-refractivity contribution in [3.63, 3.8) is 0 Å². The lowest BCUT2D eigenvalue weighted by Crippen LogP contribution is -2.16. The van der Waals surface area contributed by atoms with Crippen LogP contribution in [-0.2, 0) is 10.9 Å². The molecule has 92 valence electrons. The molecule has 0 spiro atoms. The first-order valence-electron chi connectivity index (χ1n) is 4.48. The summed E-state index contributed by atoms with van der Waals surface area (Å²) in [6.45, 7) is 0. The number of rotatable bonds is 2. The van der Waals surface area contributed by atoms with Gasteiger partial charge in [0.05, 0.1) is 18.9 Å². The Morgan fingerprint density at radius 3 is 2.41 bits per heavy atom. The van der Waals surface area contributed by atoms with E-state index in [-0.39, 0.29) is 0 Å². The molecule has 17 heavy (non-hydrogen) atoms. The van der Waals surface area contributed by atoms with E-state index in [9.17, 15) is 18.0 Å². The molecule has 0 unspecified atom stereocenters. The Hall–Kier alpha value is -2.05. The lowest BCUT2D eigenvalue weighted by Gasteiger charge is -2.05. The van der Waals surface area contributed by atoms with Crippen LogP contribution in [0, 0.1) is 0 Å². The lowest BCUT2D eigenvalue weighted by atomic mass is 10.1. The van der Waals surface area contributed by atoms with E-state index in [1.165, 1.54) is 25.5 Å². The number of halogens is 3. The molecule has 0 atom stereocenters. The normalized spacial score (nSPS) is 11.5. The predicted octanol–water partition coefficient (Wildman–Crippen LogP) is 2.40. The molecule has 0 bridgehead atoms. The number of nitrogens with one attached hydrogen (secondary N) is 1. The van der Waals surface area contributed by atoms with E-state index in [0.717, 1.165) is 12.1 Å². The Morgan fingerprint density at radius 1 is 1.35 bits per heavy atom. The van der Waals surface area contributed by atoms with E-state index < -0.39 is 17.8 Å². The molecule has 0 fully saturated rings. The molecule has 1 aromatic rings. The number of ether oxygens (including phenoxy) is 1. The molecule has 4 nitrogen and oxygen atoms in total. The molecule has 7 heteroatoms.